The molecule has 2 rings (SSSR count). The normalized spacial score (nSPS) is 12.9. The molecule has 2 aromatic carbocycles. The summed E-state index contributed by atoms with van der Waals surface area (Å²) in [5, 5.41) is 9.45. The van der Waals surface area contributed by atoms with E-state index < -0.39 is 10.0 Å². The second kappa shape index (κ2) is 6.58. The SMILES string of the molecule is CCC(C)c1ccc(S(=O)(=O)Nc2ccc(O)c(Cl)c2)cc1. The van der Waals surface area contributed by atoms with E-state index in [4.69, 9.17) is 11.6 Å². The Balaban J connectivity index is 2.24. The molecule has 118 valence electrons. The third-order valence-corrected chi connectivity index (χ3v) is 5.27. The van der Waals surface area contributed by atoms with Gasteiger partial charge in [0.1, 0.15) is 5.75 Å². The van der Waals surface area contributed by atoms with Crippen LogP contribution in [0.5, 0.6) is 5.75 Å². The first-order valence-electron chi connectivity index (χ1n) is 6.94. The second-order valence-corrected chi connectivity index (χ2v) is 7.24. The van der Waals surface area contributed by atoms with Gasteiger partial charge >= 0.3 is 0 Å². The predicted molar refractivity (Wildman–Crippen MR) is 89.1 cm³/mol. The van der Waals surface area contributed by atoms with E-state index >= 15 is 0 Å². The van der Waals surface area contributed by atoms with E-state index in [1.54, 1.807) is 12.1 Å². The van der Waals surface area contributed by atoms with Crippen molar-refractivity contribution in [3.05, 3.63) is 53.1 Å². The van der Waals surface area contributed by atoms with E-state index in [0.29, 0.717) is 11.6 Å². The summed E-state index contributed by atoms with van der Waals surface area (Å²) < 4.78 is 27.1. The maximum Gasteiger partial charge on any atom is 0.261 e. The molecule has 4 nitrogen and oxygen atoms in total. The third kappa shape index (κ3) is 3.72. The van der Waals surface area contributed by atoms with Gasteiger partial charge in [-0.1, -0.05) is 37.6 Å². The van der Waals surface area contributed by atoms with E-state index in [1.165, 1.54) is 18.2 Å². The number of nitrogens with one attached hydrogen (secondary N) is 1. The fourth-order valence-electron chi connectivity index (χ4n) is 2.00. The Bertz CT molecular complexity index is 757. The first-order chi connectivity index (χ1) is 10.3. The van der Waals surface area contributed by atoms with Gasteiger partial charge in [0.05, 0.1) is 15.6 Å². The molecule has 0 fully saturated rings. The fraction of sp³-hybridized carbons (Fsp3) is 0.250. The lowest BCUT2D eigenvalue weighted by Gasteiger charge is -2.11. The average molecular weight is 340 g/mol. The summed E-state index contributed by atoms with van der Waals surface area (Å²) in [5.74, 6) is 0.295. The Morgan fingerprint density at radius 3 is 2.36 bits per heavy atom. The number of aromatic hydroxyl groups is 1. The largest absolute Gasteiger partial charge is 0.506 e. The molecule has 2 aromatic rings. The number of hydrogen-bond donors (Lipinski definition) is 2. The number of hydrogen-bond acceptors (Lipinski definition) is 3. The molecule has 0 aliphatic heterocycles. The van der Waals surface area contributed by atoms with Crippen LogP contribution in [0.3, 0.4) is 0 Å². The molecular weight excluding hydrogens is 322 g/mol. The van der Waals surface area contributed by atoms with Crippen LogP contribution in [-0.4, -0.2) is 13.5 Å². The van der Waals surface area contributed by atoms with Crippen LogP contribution in [0.1, 0.15) is 31.7 Å². The van der Waals surface area contributed by atoms with Crippen LogP contribution in [-0.2, 0) is 10.0 Å². The lowest BCUT2D eigenvalue weighted by atomic mass is 9.99. The summed E-state index contributed by atoms with van der Waals surface area (Å²) in [4.78, 5) is 0.184. The molecule has 0 radical (unpaired) electrons. The van der Waals surface area contributed by atoms with Crippen molar-refractivity contribution in [1.29, 1.82) is 0 Å². The van der Waals surface area contributed by atoms with Crippen molar-refractivity contribution in [2.75, 3.05) is 4.72 Å². The van der Waals surface area contributed by atoms with Crippen LogP contribution in [0, 0.1) is 0 Å². The maximum absolute atomic E-state index is 12.3. The van der Waals surface area contributed by atoms with E-state index in [2.05, 4.69) is 18.6 Å². The van der Waals surface area contributed by atoms with Crippen LogP contribution in [0.15, 0.2) is 47.4 Å². The quantitative estimate of drug-likeness (QED) is 0.795. The molecule has 0 aromatic heterocycles. The summed E-state index contributed by atoms with van der Waals surface area (Å²) in [6.45, 7) is 4.19. The smallest absolute Gasteiger partial charge is 0.261 e. The van der Waals surface area contributed by atoms with Crippen LogP contribution >= 0.6 is 11.6 Å². The Labute approximate surface area is 135 Å². The van der Waals surface area contributed by atoms with Gasteiger partial charge in [-0.25, -0.2) is 8.42 Å². The minimum absolute atomic E-state index is 0.0901. The number of phenolic OH excluding ortho intramolecular Hbond substituents is 1. The van der Waals surface area contributed by atoms with Crippen molar-refractivity contribution in [1.82, 2.24) is 0 Å². The summed E-state index contributed by atoms with van der Waals surface area (Å²) in [6.07, 6.45) is 0.996. The third-order valence-electron chi connectivity index (χ3n) is 3.57. The topological polar surface area (TPSA) is 66.4 Å². The van der Waals surface area contributed by atoms with Crippen molar-refractivity contribution >= 4 is 27.3 Å². The molecule has 2 N–H and O–H groups in total. The zero-order valence-electron chi connectivity index (χ0n) is 12.4. The Morgan fingerprint density at radius 1 is 1.18 bits per heavy atom. The predicted octanol–water partition coefficient (Wildman–Crippen LogP) is 4.36. The molecule has 0 spiro atoms. The Kier molecular flexibility index (Phi) is 4.98. The molecular formula is C16H18ClNO3S. The first kappa shape index (κ1) is 16.6. The van der Waals surface area contributed by atoms with E-state index in [1.807, 2.05) is 12.1 Å². The van der Waals surface area contributed by atoms with Gasteiger partial charge in [-0.15, -0.1) is 0 Å². The van der Waals surface area contributed by atoms with Crippen LogP contribution in [0.2, 0.25) is 5.02 Å². The van der Waals surface area contributed by atoms with Gasteiger partial charge in [0.25, 0.3) is 10.0 Å². The molecule has 6 heteroatoms. The summed E-state index contributed by atoms with van der Waals surface area (Å²) in [7, 11) is -3.68. The Morgan fingerprint density at radius 2 is 1.82 bits per heavy atom. The zero-order chi connectivity index (χ0) is 16.3. The maximum atomic E-state index is 12.3. The van der Waals surface area contributed by atoms with Crippen molar-refractivity contribution in [2.24, 2.45) is 0 Å². The van der Waals surface area contributed by atoms with Gasteiger partial charge in [0, 0.05) is 0 Å². The summed E-state index contributed by atoms with van der Waals surface area (Å²) >= 11 is 5.78. The number of phenols is 1. The van der Waals surface area contributed by atoms with Gasteiger partial charge < -0.3 is 5.11 Å². The van der Waals surface area contributed by atoms with E-state index in [0.717, 1.165) is 12.0 Å². The van der Waals surface area contributed by atoms with Gasteiger partial charge in [0.2, 0.25) is 0 Å². The molecule has 1 unspecified atom stereocenters. The van der Waals surface area contributed by atoms with Gasteiger partial charge in [0.15, 0.2) is 0 Å². The fourth-order valence-corrected chi connectivity index (χ4v) is 3.23. The van der Waals surface area contributed by atoms with E-state index in [-0.39, 0.29) is 15.7 Å². The number of sulfonamides is 1. The number of halogens is 1. The number of benzene rings is 2. The molecule has 0 saturated heterocycles. The minimum Gasteiger partial charge on any atom is -0.506 e. The Hall–Kier alpha value is -1.72. The van der Waals surface area contributed by atoms with Gasteiger partial charge in [-0.05, 0) is 48.2 Å². The highest BCUT2D eigenvalue weighted by Crippen LogP contribution is 2.28. The first-order valence-corrected chi connectivity index (χ1v) is 8.81. The van der Waals surface area contributed by atoms with Crippen molar-refractivity contribution in [3.8, 4) is 5.75 Å². The lowest BCUT2D eigenvalue weighted by molar-refractivity contribution is 0.475. The summed E-state index contributed by atoms with van der Waals surface area (Å²) in [6, 6.07) is 11.0. The molecule has 0 amide bonds. The highest BCUT2D eigenvalue weighted by Gasteiger charge is 2.15. The zero-order valence-corrected chi connectivity index (χ0v) is 13.9. The van der Waals surface area contributed by atoms with E-state index in [9.17, 15) is 13.5 Å². The van der Waals surface area contributed by atoms with Crippen LogP contribution < -0.4 is 4.72 Å². The van der Waals surface area contributed by atoms with Crippen molar-refractivity contribution in [3.63, 3.8) is 0 Å². The summed E-state index contributed by atoms with van der Waals surface area (Å²) in [5.41, 5.74) is 1.41. The van der Waals surface area contributed by atoms with Crippen molar-refractivity contribution < 1.29 is 13.5 Å². The number of rotatable bonds is 5. The molecule has 0 aliphatic rings. The molecule has 0 aliphatic carbocycles. The minimum atomic E-state index is -3.68. The highest BCUT2D eigenvalue weighted by atomic mass is 35.5. The monoisotopic (exact) mass is 339 g/mol. The highest BCUT2D eigenvalue weighted by molar-refractivity contribution is 7.92. The molecule has 0 heterocycles. The molecule has 0 bridgehead atoms. The van der Waals surface area contributed by atoms with Gasteiger partial charge in [-0.2, -0.15) is 0 Å². The average Bonchev–Trinajstić information content (AvgIpc) is 2.50. The van der Waals surface area contributed by atoms with Gasteiger partial charge in [-0.3, -0.25) is 4.72 Å². The van der Waals surface area contributed by atoms with Crippen LogP contribution in [0.25, 0.3) is 0 Å². The molecule has 1 atom stereocenters. The van der Waals surface area contributed by atoms with Crippen molar-refractivity contribution in [2.45, 2.75) is 31.1 Å². The number of anilines is 1. The molecule has 22 heavy (non-hydrogen) atoms. The standard InChI is InChI=1S/C16H18ClNO3S/c1-3-11(2)12-4-7-14(8-5-12)22(20,21)18-13-6-9-16(19)15(17)10-13/h4-11,18-19H,3H2,1-2H3. The second-order valence-electron chi connectivity index (χ2n) is 5.15. The molecule has 0 saturated carbocycles. The van der Waals surface area contributed by atoms with Crippen LogP contribution in [0.4, 0.5) is 5.69 Å². The lowest BCUT2D eigenvalue weighted by Crippen LogP contribution is -2.13.